The molecule has 0 fully saturated rings. The molecule has 7 nitrogen and oxygen atoms in total. The van der Waals surface area contributed by atoms with Crippen molar-refractivity contribution in [2.75, 3.05) is 26.8 Å². The van der Waals surface area contributed by atoms with Gasteiger partial charge >= 0.3 is 0 Å². The Morgan fingerprint density at radius 1 is 1.13 bits per heavy atom. The summed E-state index contributed by atoms with van der Waals surface area (Å²) in [6.07, 6.45) is 4.16. The molecule has 1 heterocycles. The third-order valence-corrected chi connectivity index (χ3v) is 5.19. The van der Waals surface area contributed by atoms with Crippen LogP contribution < -0.4 is 0 Å². The van der Waals surface area contributed by atoms with Gasteiger partial charge < -0.3 is 19.3 Å². The fourth-order valence-electron chi connectivity index (χ4n) is 2.21. The van der Waals surface area contributed by atoms with Gasteiger partial charge in [-0.25, -0.2) is 4.18 Å². The molecule has 1 aliphatic heterocycles. The van der Waals surface area contributed by atoms with Crippen molar-refractivity contribution in [2.45, 2.75) is 58.4 Å². The van der Waals surface area contributed by atoms with E-state index in [0.717, 1.165) is 19.4 Å². The van der Waals surface area contributed by atoms with Gasteiger partial charge in [0.2, 0.25) is 6.35 Å². The fourth-order valence-corrected chi connectivity index (χ4v) is 3.30. The topological polar surface area (TPSA) is 68.3 Å². The van der Waals surface area contributed by atoms with Gasteiger partial charge in [-0.3, -0.25) is 0 Å². The molecule has 1 rings (SSSR count). The van der Waals surface area contributed by atoms with Crippen LogP contribution in [0.25, 0.3) is 0 Å². The molecule has 23 heavy (non-hydrogen) atoms. The van der Waals surface area contributed by atoms with Gasteiger partial charge in [0.25, 0.3) is 10.1 Å². The Labute approximate surface area is 140 Å². The van der Waals surface area contributed by atoms with Crippen LogP contribution >= 0.6 is 0 Å². The molecular weight excluding hydrogens is 320 g/mol. The molecule has 2 unspecified atom stereocenters. The van der Waals surface area contributed by atoms with Crippen LogP contribution in [0.15, 0.2) is 12.4 Å². The van der Waals surface area contributed by atoms with Crippen molar-refractivity contribution in [2.24, 2.45) is 0 Å². The van der Waals surface area contributed by atoms with Gasteiger partial charge in [-0.15, -0.1) is 0 Å². The highest BCUT2D eigenvalue weighted by molar-refractivity contribution is 7.87. The lowest BCUT2D eigenvalue weighted by Gasteiger charge is -2.31. The van der Waals surface area contributed by atoms with E-state index in [2.05, 4.69) is 6.92 Å². The molecule has 0 saturated heterocycles. The molecule has 0 N–H and O–H groups in total. The zero-order valence-electron chi connectivity index (χ0n) is 14.8. The summed E-state index contributed by atoms with van der Waals surface area (Å²) in [5, 5.41) is -0.913. The molecule has 1 aliphatic rings. The van der Waals surface area contributed by atoms with Gasteiger partial charge in [-0.1, -0.05) is 13.3 Å². The van der Waals surface area contributed by atoms with Crippen molar-refractivity contribution >= 4 is 10.1 Å². The number of ether oxygens (including phenoxy) is 2. The van der Waals surface area contributed by atoms with E-state index in [1.165, 1.54) is 0 Å². The highest BCUT2D eigenvalue weighted by Gasteiger charge is 2.37. The molecular formula is C15H30N2O5S. The van der Waals surface area contributed by atoms with Crippen LogP contribution in [0.1, 0.15) is 40.5 Å². The van der Waals surface area contributed by atoms with Crippen molar-refractivity contribution in [3.63, 3.8) is 0 Å². The van der Waals surface area contributed by atoms with Crippen LogP contribution in [-0.4, -0.2) is 62.9 Å². The first-order chi connectivity index (χ1) is 10.9. The largest absolute Gasteiger partial charge is 0.351 e. The third-order valence-electron chi connectivity index (χ3n) is 3.62. The Hall–Kier alpha value is -0.830. The van der Waals surface area contributed by atoms with Crippen molar-refractivity contribution in [3.05, 3.63) is 12.4 Å². The van der Waals surface area contributed by atoms with Crippen molar-refractivity contribution < 1.29 is 22.1 Å². The van der Waals surface area contributed by atoms with E-state index in [1.54, 1.807) is 32.7 Å². The van der Waals surface area contributed by atoms with Gasteiger partial charge in [0.15, 0.2) is 6.29 Å². The first-order valence-corrected chi connectivity index (χ1v) is 9.65. The summed E-state index contributed by atoms with van der Waals surface area (Å²) in [6.45, 7) is 8.72. The molecule has 0 aromatic rings. The van der Waals surface area contributed by atoms with Crippen LogP contribution in [-0.2, 0) is 23.8 Å². The first kappa shape index (κ1) is 20.2. The first-order valence-electron chi connectivity index (χ1n) is 8.18. The predicted molar refractivity (Wildman–Crippen MR) is 88.8 cm³/mol. The standard InChI is InChI=1S/C15H30N2O5S/c1-6-9-10-17-12-11-16(5)15(17)22-23(18,19)13(4)14(20-7-2)21-8-3/h11-15H,6-10H2,1-5H3. The van der Waals surface area contributed by atoms with Crippen LogP contribution in [0.3, 0.4) is 0 Å². The highest BCUT2D eigenvalue weighted by atomic mass is 32.2. The lowest BCUT2D eigenvalue weighted by molar-refractivity contribution is -0.136. The fraction of sp³-hybridized carbons (Fsp3) is 0.867. The van der Waals surface area contributed by atoms with E-state index in [0.29, 0.717) is 13.2 Å². The van der Waals surface area contributed by atoms with Crippen molar-refractivity contribution in [1.82, 2.24) is 9.80 Å². The lowest BCUT2D eigenvalue weighted by Crippen LogP contribution is -2.45. The van der Waals surface area contributed by atoms with Crippen LogP contribution in [0.5, 0.6) is 0 Å². The Morgan fingerprint density at radius 2 is 1.74 bits per heavy atom. The average molecular weight is 350 g/mol. The van der Waals surface area contributed by atoms with E-state index in [1.807, 2.05) is 17.3 Å². The zero-order valence-corrected chi connectivity index (χ0v) is 15.6. The number of unbranched alkanes of at least 4 members (excludes halogenated alkanes) is 1. The summed E-state index contributed by atoms with van der Waals surface area (Å²) >= 11 is 0. The summed E-state index contributed by atoms with van der Waals surface area (Å²) in [6, 6.07) is 0. The summed E-state index contributed by atoms with van der Waals surface area (Å²) in [7, 11) is -2.06. The van der Waals surface area contributed by atoms with Gasteiger partial charge in [0, 0.05) is 39.2 Å². The summed E-state index contributed by atoms with van der Waals surface area (Å²) in [4.78, 5) is 3.61. The Kier molecular flexibility index (Phi) is 8.32. The maximum Gasteiger partial charge on any atom is 0.278 e. The second-order valence-corrected chi connectivity index (χ2v) is 7.38. The van der Waals surface area contributed by atoms with Crippen molar-refractivity contribution in [1.29, 1.82) is 0 Å². The number of hydrogen-bond acceptors (Lipinski definition) is 7. The van der Waals surface area contributed by atoms with Gasteiger partial charge in [0.05, 0.1) is 0 Å². The van der Waals surface area contributed by atoms with Crippen LogP contribution in [0.2, 0.25) is 0 Å². The van der Waals surface area contributed by atoms with Gasteiger partial charge in [0.1, 0.15) is 5.25 Å². The summed E-state index contributed by atoms with van der Waals surface area (Å²) in [5.74, 6) is 0. The SMILES string of the molecule is CCCCN1C=CN(C)C1OS(=O)(=O)C(C)C(OCC)OCC. The smallest absolute Gasteiger partial charge is 0.278 e. The summed E-state index contributed by atoms with van der Waals surface area (Å²) < 4.78 is 41.4. The molecule has 0 aromatic carbocycles. The Morgan fingerprint density at radius 3 is 2.26 bits per heavy atom. The molecule has 8 heteroatoms. The second kappa shape index (κ2) is 9.46. The van der Waals surface area contributed by atoms with Crippen LogP contribution in [0, 0.1) is 0 Å². The molecule has 0 bridgehead atoms. The molecule has 0 radical (unpaired) electrons. The Balaban J connectivity index is 2.78. The predicted octanol–water partition coefficient (Wildman–Crippen LogP) is 1.92. The maximum absolute atomic E-state index is 12.6. The van der Waals surface area contributed by atoms with E-state index >= 15 is 0 Å². The molecule has 0 saturated carbocycles. The van der Waals surface area contributed by atoms with E-state index in [-0.39, 0.29) is 0 Å². The minimum absolute atomic E-state index is 0.373. The normalized spacial score (nSPS) is 19.8. The lowest BCUT2D eigenvalue weighted by atomic mass is 10.3. The third kappa shape index (κ3) is 5.63. The number of hydrogen-bond donors (Lipinski definition) is 0. The minimum Gasteiger partial charge on any atom is -0.351 e. The average Bonchev–Trinajstić information content (AvgIpc) is 2.84. The maximum atomic E-state index is 12.6. The molecule has 0 amide bonds. The quantitative estimate of drug-likeness (QED) is 0.416. The summed E-state index contributed by atoms with van der Waals surface area (Å²) in [5.41, 5.74) is 0. The molecule has 0 aliphatic carbocycles. The zero-order chi connectivity index (χ0) is 17.5. The van der Waals surface area contributed by atoms with Gasteiger partial charge in [-0.2, -0.15) is 8.42 Å². The minimum atomic E-state index is -3.85. The second-order valence-electron chi connectivity index (χ2n) is 5.45. The van der Waals surface area contributed by atoms with Crippen LogP contribution in [0.4, 0.5) is 0 Å². The van der Waals surface area contributed by atoms with Gasteiger partial charge in [-0.05, 0) is 27.2 Å². The molecule has 136 valence electrons. The van der Waals surface area contributed by atoms with E-state index in [4.69, 9.17) is 13.7 Å². The highest BCUT2D eigenvalue weighted by Crippen LogP contribution is 2.22. The number of nitrogens with zero attached hydrogens (tertiary/aromatic N) is 2. The Bertz CT molecular complexity index is 462. The molecule has 0 spiro atoms. The van der Waals surface area contributed by atoms with E-state index in [9.17, 15) is 8.42 Å². The molecule has 0 aromatic heterocycles. The van der Waals surface area contributed by atoms with E-state index < -0.39 is 28.0 Å². The van der Waals surface area contributed by atoms with Crippen molar-refractivity contribution in [3.8, 4) is 0 Å². The monoisotopic (exact) mass is 350 g/mol. The molecule has 2 atom stereocenters. The number of rotatable bonds is 11.